The van der Waals surface area contributed by atoms with Crippen molar-refractivity contribution in [3.8, 4) is 5.75 Å². The Morgan fingerprint density at radius 2 is 2.20 bits per heavy atom. The maximum Gasteiger partial charge on any atom is 0.314 e. The number of carbonyl (C=O) groups is 1. The lowest BCUT2D eigenvalue weighted by atomic mass is 9.87. The van der Waals surface area contributed by atoms with E-state index in [1.807, 2.05) is 18.2 Å². The average molecular weight is 269 g/mol. The first-order valence-electron chi connectivity index (χ1n) is 5.08. The topological polar surface area (TPSA) is 26.3 Å². The zero-order valence-electron chi connectivity index (χ0n) is 8.79. The SMILES string of the molecule is CC(C)C1Cc2cc(Br)ccc2OC1=O. The maximum atomic E-state index is 11.6. The van der Waals surface area contributed by atoms with Crippen LogP contribution in [0.3, 0.4) is 0 Å². The van der Waals surface area contributed by atoms with Gasteiger partial charge >= 0.3 is 5.97 Å². The summed E-state index contributed by atoms with van der Waals surface area (Å²) in [7, 11) is 0. The molecule has 0 saturated heterocycles. The van der Waals surface area contributed by atoms with Crippen LogP contribution in [0.4, 0.5) is 0 Å². The van der Waals surface area contributed by atoms with Crippen LogP contribution >= 0.6 is 15.9 Å². The van der Waals surface area contributed by atoms with Crippen molar-refractivity contribution >= 4 is 21.9 Å². The molecule has 1 aliphatic rings. The van der Waals surface area contributed by atoms with Crippen LogP contribution in [0.25, 0.3) is 0 Å². The van der Waals surface area contributed by atoms with E-state index in [2.05, 4.69) is 29.8 Å². The molecule has 80 valence electrons. The normalized spacial score (nSPS) is 20.0. The van der Waals surface area contributed by atoms with Gasteiger partial charge in [0.25, 0.3) is 0 Å². The van der Waals surface area contributed by atoms with E-state index in [1.54, 1.807) is 0 Å². The summed E-state index contributed by atoms with van der Waals surface area (Å²) in [5.74, 6) is 0.927. The minimum Gasteiger partial charge on any atom is -0.426 e. The molecule has 1 unspecified atom stereocenters. The first-order valence-corrected chi connectivity index (χ1v) is 5.87. The Balaban J connectivity index is 2.34. The van der Waals surface area contributed by atoms with Crippen LogP contribution in [-0.2, 0) is 11.2 Å². The third kappa shape index (κ3) is 2.07. The Morgan fingerprint density at radius 1 is 1.47 bits per heavy atom. The van der Waals surface area contributed by atoms with Crippen LogP contribution in [0.15, 0.2) is 22.7 Å². The second-order valence-corrected chi connectivity index (χ2v) is 5.14. The minimum atomic E-state index is -0.0974. The number of carbonyl (C=O) groups excluding carboxylic acids is 1. The zero-order chi connectivity index (χ0) is 11.0. The van der Waals surface area contributed by atoms with Gasteiger partial charge in [-0.1, -0.05) is 29.8 Å². The number of benzene rings is 1. The quantitative estimate of drug-likeness (QED) is 0.578. The molecule has 0 saturated carbocycles. The highest BCUT2D eigenvalue weighted by Gasteiger charge is 2.30. The molecule has 1 aromatic rings. The Labute approximate surface area is 97.8 Å². The fourth-order valence-electron chi connectivity index (χ4n) is 1.82. The molecular weight excluding hydrogens is 256 g/mol. The Kier molecular flexibility index (Phi) is 2.83. The highest BCUT2D eigenvalue weighted by atomic mass is 79.9. The second-order valence-electron chi connectivity index (χ2n) is 4.23. The molecule has 1 heterocycles. The van der Waals surface area contributed by atoms with E-state index in [4.69, 9.17) is 4.74 Å². The predicted octanol–water partition coefficient (Wildman–Crippen LogP) is 3.18. The van der Waals surface area contributed by atoms with Crippen molar-refractivity contribution in [3.63, 3.8) is 0 Å². The Hall–Kier alpha value is -0.830. The van der Waals surface area contributed by atoms with Crippen molar-refractivity contribution in [1.82, 2.24) is 0 Å². The number of ether oxygens (including phenoxy) is 1. The summed E-state index contributed by atoms with van der Waals surface area (Å²) in [4.78, 5) is 11.6. The lowest BCUT2D eigenvalue weighted by Crippen LogP contribution is -2.31. The molecule has 2 nitrogen and oxygen atoms in total. The van der Waals surface area contributed by atoms with Gasteiger partial charge in [0.2, 0.25) is 0 Å². The highest BCUT2D eigenvalue weighted by Crippen LogP contribution is 2.33. The molecule has 0 aliphatic carbocycles. The van der Waals surface area contributed by atoms with Crippen LogP contribution in [0.1, 0.15) is 19.4 Å². The van der Waals surface area contributed by atoms with Gasteiger partial charge in [0.15, 0.2) is 0 Å². The van der Waals surface area contributed by atoms with Gasteiger partial charge in [-0.25, -0.2) is 0 Å². The molecule has 0 spiro atoms. The van der Waals surface area contributed by atoms with Crippen molar-refractivity contribution < 1.29 is 9.53 Å². The fraction of sp³-hybridized carbons (Fsp3) is 0.417. The van der Waals surface area contributed by atoms with Crippen LogP contribution < -0.4 is 4.74 Å². The van der Waals surface area contributed by atoms with E-state index in [0.717, 1.165) is 16.5 Å². The summed E-state index contributed by atoms with van der Waals surface area (Å²) in [6, 6.07) is 5.76. The monoisotopic (exact) mass is 268 g/mol. The van der Waals surface area contributed by atoms with Crippen LogP contribution in [0, 0.1) is 11.8 Å². The number of halogens is 1. The lowest BCUT2D eigenvalue weighted by Gasteiger charge is -2.25. The summed E-state index contributed by atoms with van der Waals surface area (Å²) < 4.78 is 6.33. The predicted molar refractivity (Wildman–Crippen MR) is 61.8 cm³/mol. The second kappa shape index (κ2) is 3.97. The van der Waals surface area contributed by atoms with E-state index in [1.165, 1.54) is 0 Å². The van der Waals surface area contributed by atoms with E-state index >= 15 is 0 Å². The first kappa shape index (κ1) is 10.7. The maximum absolute atomic E-state index is 11.6. The molecule has 0 N–H and O–H groups in total. The summed E-state index contributed by atoms with van der Waals surface area (Å²) in [6.07, 6.45) is 0.783. The number of esters is 1. The Morgan fingerprint density at radius 3 is 2.87 bits per heavy atom. The van der Waals surface area contributed by atoms with Gasteiger partial charge in [0, 0.05) is 4.47 Å². The Bertz CT molecular complexity index is 399. The molecule has 0 radical (unpaired) electrons. The molecule has 15 heavy (non-hydrogen) atoms. The molecule has 1 aliphatic heterocycles. The van der Waals surface area contributed by atoms with Gasteiger partial charge in [-0.05, 0) is 36.1 Å². The molecule has 0 bridgehead atoms. The van der Waals surface area contributed by atoms with E-state index in [9.17, 15) is 4.79 Å². The van der Waals surface area contributed by atoms with E-state index in [-0.39, 0.29) is 11.9 Å². The molecule has 3 heteroatoms. The van der Waals surface area contributed by atoms with Gasteiger partial charge in [0.05, 0.1) is 5.92 Å². The zero-order valence-corrected chi connectivity index (χ0v) is 10.4. The molecule has 0 aromatic heterocycles. The first-order chi connectivity index (χ1) is 7.08. The van der Waals surface area contributed by atoms with Gasteiger partial charge in [-0.15, -0.1) is 0 Å². The van der Waals surface area contributed by atoms with Crippen molar-refractivity contribution in [2.45, 2.75) is 20.3 Å². The van der Waals surface area contributed by atoms with Gasteiger partial charge in [-0.2, -0.15) is 0 Å². The summed E-state index contributed by atoms with van der Waals surface area (Å²) in [5.41, 5.74) is 1.11. The van der Waals surface area contributed by atoms with E-state index in [0.29, 0.717) is 11.7 Å². The average Bonchev–Trinajstić information content (AvgIpc) is 2.17. The molecule has 1 aromatic carbocycles. The standard InChI is InChI=1S/C12H13BrO2/c1-7(2)10-6-8-5-9(13)3-4-11(8)15-12(10)14/h3-5,7,10H,6H2,1-2H3. The van der Waals surface area contributed by atoms with Gasteiger partial charge in [0.1, 0.15) is 5.75 Å². The van der Waals surface area contributed by atoms with Crippen molar-refractivity contribution in [2.24, 2.45) is 11.8 Å². The summed E-state index contributed by atoms with van der Waals surface area (Å²) in [6.45, 7) is 4.10. The third-order valence-corrected chi connectivity index (χ3v) is 3.27. The van der Waals surface area contributed by atoms with Crippen LogP contribution in [0.2, 0.25) is 0 Å². The third-order valence-electron chi connectivity index (χ3n) is 2.78. The van der Waals surface area contributed by atoms with Gasteiger partial charge in [-0.3, -0.25) is 4.79 Å². The van der Waals surface area contributed by atoms with Crippen molar-refractivity contribution in [3.05, 3.63) is 28.2 Å². The largest absolute Gasteiger partial charge is 0.426 e. The number of rotatable bonds is 1. The number of fused-ring (bicyclic) bond motifs is 1. The van der Waals surface area contributed by atoms with Crippen LogP contribution in [-0.4, -0.2) is 5.97 Å². The number of hydrogen-bond donors (Lipinski definition) is 0. The fourth-order valence-corrected chi connectivity index (χ4v) is 2.23. The molecule has 0 amide bonds. The van der Waals surface area contributed by atoms with Crippen molar-refractivity contribution in [2.75, 3.05) is 0 Å². The number of hydrogen-bond acceptors (Lipinski definition) is 2. The lowest BCUT2D eigenvalue weighted by molar-refractivity contribution is -0.141. The van der Waals surface area contributed by atoms with E-state index < -0.39 is 0 Å². The molecule has 2 rings (SSSR count). The molecule has 1 atom stereocenters. The summed E-state index contributed by atoms with van der Waals surface area (Å²) in [5, 5.41) is 0. The smallest absolute Gasteiger partial charge is 0.314 e. The summed E-state index contributed by atoms with van der Waals surface area (Å²) >= 11 is 3.42. The van der Waals surface area contributed by atoms with Crippen molar-refractivity contribution in [1.29, 1.82) is 0 Å². The van der Waals surface area contributed by atoms with Gasteiger partial charge < -0.3 is 4.74 Å². The molecule has 0 fully saturated rings. The highest BCUT2D eigenvalue weighted by molar-refractivity contribution is 9.10. The molecular formula is C12H13BrO2. The minimum absolute atomic E-state index is 0.00759. The van der Waals surface area contributed by atoms with Crippen LogP contribution in [0.5, 0.6) is 5.75 Å².